The molecule has 2 aromatic rings. The van der Waals surface area contributed by atoms with Crippen LogP contribution in [0.1, 0.15) is 22.0 Å². The van der Waals surface area contributed by atoms with Crippen molar-refractivity contribution in [3.05, 3.63) is 41.7 Å². The van der Waals surface area contributed by atoms with Crippen LogP contribution in [0.3, 0.4) is 0 Å². The molecule has 1 aliphatic rings. The first-order valence-electron chi connectivity index (χ1n) is 6.48. The number of aromatic nitrogens is 4. The number of ether oxygens (including phenoxy) is 1. The Balaban J connectivity index is 1.82. The number of carbonyl (C=O) groups is 1. The van der Waals surface area contributed by atoms with Gasteiger partial charge < -0.3 is 9.64 Å². The number of pyridine rings is 1. The number of nitrogens with one attached hydrogen (secondary N) is 1. The Bertz CT molecular complexity index is 633. The van der Waals surface area contributed by atoms with Crippen molar-refractivity contribution < 1.29 is 13.9 Å². The van der Waals surface area contributed by atoms with E-state index < -0.39 is 5.82 Å². The zero-order valence-corrected chi connectivity index (χ0v) is 11.4. The van der Waals surface area contributed by atoms with Gasteiger partial charge in [0, 0.05) is 26.4 Å². The maximum Gasteiger partial charge on any atom is 0.257 e. The number of hydrogen-bond donors (Lipinski definition) is 1. The first kappa shape index (κ1) is 13.6. The number of hydrogen-bond acceptors (Lipinski definition) is 5. The predicted octanol–water partition coefficient (Wildman–Crippen LogP) is 0.593. The van der Waals surface area contributed by atoms with Gasteiger partial charge >= 0.3 is 0 Å². The number of rotatable bonds is 3. The van der Waals surface area contributed by atoms with Crippen molar-refractivity contribution in [2.24, 2.45) is 0 Å². The maximum atomic E-state index is 13.7. The third-order valence-electron chi connectivity index (χ3n) is 3.67. The summed E-state index contributed by atoms with van der Waals surface area (Å²) in [7, 11) is 1.58. The fourth-order valence-electron chi connectivity index (χ4n) is 2.57. The van der Waals surface area contributed by atoms with Crippen LogP contribution in [0.4, 0.5) is 4.39 Å². The maximum absolute atomic E-state index is 13.7. The highest BCUT2D eigenvalue weighted by Gasteiger charge is 2.38. The molecule has 1 saturated heterocycles. The highest BCUT2D eigenvalue weighted by atomic mass is 19.1. The highest BCUT2D eigenvalue weighted by molar-refractivity contribution is 5.94. The van der Waals surface area contributed by atoms with Gasteiger partial charge in [0.15, 0.2) is 5.82 Å². The van der Waals surface area contributed by atoms with Crippen molar-refractivity contribution in [1.82, 2.24) is 25.3 Å². The summed E-state index contributed by atoms with van der Waals surface area (Å²) in [4.78, 5) is 17.6. The molecule has 3 heterocycles. The van der Waals surface area contributed by atoms with Crippen molar-refractivity contribution in [2.75, 3.05) is 20.2 Å². The second-order valence-electron chi connectivity index (χ2n) is 4.84. The Labute approximate surface area is 120 Å². The molecular weight excluding hydrogens is 277 g/mol. The smallest absolute Gasteiger partial charge is 0.257 e. The van der Waals surface area contributed by atoms with Crippen LogP contribution in [0.15, 0.2) is 24.7 Å². The lowest BCUT2D eigenvalue weighted by Crippen LogP contribution is -2.30. The zero-order chi connectivity index (χ0) is 14.8. The van der Waals surface area contributed by atoms with Crippen LogP contribution in [-0.4, -0.2) is 57.5 Å². The van der Waals surface area contributed by atoms with E-state index in [1.165, 1.54) is 12.3 Å². The molecule has 3 rings (SSSR count). The van der Waals surface area contributed by atoms with E-state index in [0.717, 1.165) is 11.9 Å². The molecule has 0 saturated carbocycles. The number of likely N-dealkylation sites (tertiary alicyclic amines) is 1. The van der Waals surface area contributed by atoms with Crippen LogP contribution in [0, 0.1) is 5.82 Å². The topological polar surface area (TPSA) is 84.0 Å². The first-order chi connectivity index (χ1) is 10.2. The molecule has 0 radical (unpaired) electrons. The molecule has 1 fully saturated rings. The number of aromatic amines is 1. The lowest BCUT2D eigenvalue weighted by Gasteiger charge is -2.16. The van der Waals surface area contributed by atoms with Gasteiger partial charge in [-0.3, -0.25) is 9.78 Å². The van der Waals surface area contributed by atoms with Crippen LogP contribution in [0.2, 0.25) is 0 Å². The van der Waals surface area contributed by atoms with E-state index in [-0.39, 0.29) is 23.5 Å². The Kier molecular flexibility index (Phi) is 3.61. The first-order valence-corrected chi connectivity index (χ1v) is 6.48. The van der Waals surface area contributed by atoms with E-state index in [1.807, 2.05) is 0 Å². The van der Waals surface area contributed by atoms with Crippen LogP contribution in [-0.2, 0) is 4.74 Å². The van der Waals surface area contributed by atoms with E-state index >= 15 is 0 Å². The Morgan fingerprint density at radius 3 is 3.00 bits per heavy atom. The molecule has 0 unspecified atom stereocenters. The molecule has 0 spiro atoms. The minimum atomic E-state index is -0.624. The van der Waals surface area contributed by atoms with Gasteiger partial charge in [0.2, 0.25) is 0 Å². The monoisotopic (exact) mass is 291 g/mol. The molecule has 1 aliphatic heterocycles. The van der Waals surface area contributed by atoms with Gasteiger partial charge in [0.25, 0.3) is 5.91 Å². The fourth-order valence-corrected chi connectivity index (χ4v) is 2.57. The summed E-state index contributed by atoms with van der Waals surface area (Å²) in [5, 5.41) is 10.4. The van der Waals surface area contributed by atoms with Gasteiger partial charge in [-0.1, -0.05) is 0 Å². The quantitative estimate of drug-likeness (QED) is 0.895. The molecular formula is C13H14FN5O2. The molecule has 2 atom stereocenters. The summed E-state index contributed by atoms with van der Waals surface area (Å²) in [5.41, 5.74) is 0.744. The van der Waals surface area contributed by atoms with Gasteiger partial charge in [0.05, 0.1) is 35.7 Å². The molecule has 2 aromatic heterocycles. The lowest BCUT2D eigenvalue weighted by atomic mass is 10.0. The third kappa shape index (κ3) is 2.49. The zero-order valence-electron chi connectivity index (χ0n) is 11.4. The van der Waals surface area contributed by atoms with Gasteiger partial charge in [-0.15, -0.1) is 0 Å². The third-order valence-corrected chi connectivity index (χ3v) is 3.67. The van der Waals surface area contributed by atoms with E-state index in [9.17, 15) is 9.18 Å². The normalized spacial score (nSPS) is 21.7. The lowest BCUT2D eigenvalue weighted by molar-refractivity contribution is 0.0710. The Morgan fingerprint density at radius 1 is 1.48 bits per heavy atom. The van der Waals surface area contributed by atoms with E-state index in [4.69, 9.17) is 4.74 Å². The molecule has 0 aromatic carbocycles. The molecule has 7 nitrogen and oxygen atoms in total. The summed E-state index contributed by atoms with van der Waals surface area (Å²) in [5.74, 6) is -1.08. The van der Waals surface area contributed by atoms with Crippen LogP contribution >= 0.6 is 0 Å². The van der Waals surface area contributed by atoms with Gasteiger partial charge in [-0.05, 0) is 6.07 Å². The molecule has 1 N–H and O–H groups in total. The number of amides is 1. The van der Waals surface area contributed by atoms with Crippen LogP contribution < -0.4 is 0 Å². The summed E-state index contributed by atoms with van der Waals surface area (Å²) in [6.07, 6.45) is 3.85. The second kappa shape index (κ2) is 5.57. The minimum absolute atomic E-state index is 0.0145. The van der Waals surface area contributed by atoms with Crippen LogP contribution in [0.5, 0.6) is 0 Å². The Hall–Kier alpha value is -2.35. The minimum Gasteiger partial charge on any atom is -0.379 e. The predicted molar refractivity (Wildman–Crippen MR) is 70.0 cm³/mol. The molecule has 0 aliphatic carbocycles. The van der Waals surface area contributed by atoms with Crippen molar-refractivity contribution >= 4 is 5.91 Å². The molecule has 1 amide bonds. The van der Waals surface area contributed by atoms with Crippen LogP contribution in [0.25, 0.3) is 0 Å². The van der Waals surface area contributed by atoms with Gasteiger partial charge in [-0.2, -0.15) is 15.4 Å². The second-order valence-corrected chi connectivity index (χ2v) is 4.84. The van der Waals surface area contributed by atoms with E-state index in [1.54, 1.807) is 18.2 Å². The highest BCUT2D eigenvalue weighted by Crippen LogP contribution is 2.29. The summed E-state index contributed by atoms with van der Waals surface area (Å²) < 4.78 is 19.1. The molecule has 21 heavy (non-hydrogen) atoms. The fraction of sp³-hybridized carbons (Fsp3) is 0.385. The van der Waals surface area contributed by atoms with Gasteiger partial charge in [0.1, 0.15) is 0 Å². The summed E-state index contributed by atoms with van der Waals surface area (Å²) in [6, 6.07) is 1.38. The average Bonchev–Trinajstić information content (AvgIpc) is 3.15. The largest absolute Gasteiger partial charge is 0.379 e. The number of methoxy groups -OCH3 is 1. The SMILES string of the molecule is CO[C@@H]1CN(C(=O)c2ccncc2F)C[C@H]1c1cn[nH]n1. The number of nitrogens with zero attached hydrogens (tertiary/aromatic N) is 4. The van der Waals surface area contributed by atoms with Crippen molar-refractivity contribution in [2.45, 2.75) is 12.0 Å². The Morgan fingerprint density at radius 2 is 2.33 bits per heavy atom. The summed E-state index contributed by atoms with van der Waals surface area (Å²) in [6.45, 7) is 0.792. The molecule has 0 bridgehead atoms. The number of H-pyrrole nitrogens is 1. The van der Waals surface area contributed by atoms with Gasteiger partial charge in [-0.25, -0.2) is 4.39 Å². The van der Waals surface area contributed by atoms with E-state index in [0.29, 0.717) is 13.1 Å². The standard InChI is InChI=1S/C13H14FN5O2/c1-21-12-7-19(6-9(12)11-5-16-18-17-11)13(20)8-2-3-15-4-10(8)14/h2-5,9,12H,6-7H2,1H3,(H,16,17,18)/t9-,12+/m0/s1. The molecule has 110 valence electrons. The van der Waals surface area contributed by atoms with Crippen molar-refractivity contribution in [3.63, 3.8) is 0 Å². The number of carbonyl (C=O) groups excluding carboxylic acids is 1. The van der Waals surface area contributed by atoms with Crippen molar-refractivity contribution in [3.8, 4) is 0 Å². The molecule has 8 heteroatoms. The van der Waals surface area contributed by atoms with Crippen molar-refractivity contribution in [1.29, 1.82) is 0 Å². The van der Waals surface area contributed by atoms with E-state index in [2.05, 4.69) is 20.4 Å². The summed E-state index contributed by atoms with van der Waals surface area (Å²) >= 11 is 0. The number of halogens is 1. The average molecular weight is 291 g/mol.